The molecule has 0 spiro atoms. The summed E-state index contributed by atoms with van der Waals surface area (Å²) in [5.74, 6) is 0.539. The number of nitrogens with one attached hydrogen (secondary N) is 3. The monoisotopic (exact) mass is 469 g/mol. The van der Waals surface area contributed by atoms with Gasteiger partial charge in [0, 0.05) is 52.5 Å². The molecule has 0 atom stereocenters. The maximum atomic E-state index is 4.68. The number of nitrogens with zero attached hydrogens (tertiary/aromatic N) is 3. The Morgan fingerprint density at radius 2 is 1.60 bits per heavy atom. The lowest BCUT2D eigenvalue weighted by Crippen LogP contribution is -2.10. The number of hydrogen-bond acceptors (Lipinski definition) is 5. The minimum atomic E-state index is 0.0754. The summed E-state index contributed by atoms with van der Waals surface area (Å²) < 4.78 is 0. The first kappa shape index (κ1) is 25.6. The van der Waals surface area contributed by atoms with E-state index in [0.717, 1.165) is 39.1 Å². The van der Waals surface area contributed by atoms with Gasteiger partial charge in [0.05, 0.1) is 11.4 Å². The average Bonchev–Trinajstić information content (AvgIpc) is 3.57. The summed E-state index contributed by atoms with van der Waals surface area (Å²) >= 11 is 0. The van der Waals surface area contributed by atoms with Crippen molar-refractivity contribution in [1.29, 1.82) is 0 Å². The van der Waals surface area contributed by atoms with Gasteiger partial charge >= 0.3 is 0 Å². The quantitative estimate of drug-likeness (QED) is 0.235. The number of pyridine rings is 1. The van der Waals surface area contributed by atoms with E-state index in [1.165, 1.54) is 12.7 Å². The molecule has 0 saturated heterocycles. The SMILES string of the molecule is CC.CC(C)(C)c1cc2cc(Nc3nccc(-c4cc(-c5cc[nH]c5)ccn4)n3)ccc2[nH]1.CN. The van der Waals surface area contributed by atoms with E-state index in [9.17, 15) is 0 Å². The van der Waals surface area contributed by atoms with E-state index < -0.39 is 0 Å². The Morgan fingerprint density at radius 3 is 2.31 bits per heavy atom. The highest BCUT2D eigenvalue weighted by molar-refractivity contribution is 5.85. The summed E-state index contributed by atoms with van der Waals surface area (Å²) in [5, 5.41) is 4.49. The molecule has 0 bridgehead atoms. The van der Waals surface area contributed by atoms with Crippen LogP contribution in [0.3, 0.4) is 0 Å². The number of rotatable bonds is 4. The average molecular weight is 470 g/mol. The molecule has 0 aliphatic rings. The third kappa shape index (κ3) is 6.13. The second-order valence-corrected chi connectivity index (χ2v) is 8.65. The number of aromatic amines is 2. The maximum Gasteiger partial charge on any atom is 0.227 e. The number of H-pyrrole nitrogens is 2. The highest BCUT2D eigenvalue weighted by Crippen LogP contribution is 2.28. The molecule has 0 amide bonds. The van der Waals surface area contributed by atoms with Crippen LogP contribution in [0.25, 0.3) is 33.4 Å². The van der Waals surface area contributed by atoms with Gasteiger partial charge in [-0.3, -0.25) is 4.98 Å². The summed E-state index contributed by atoms with van der Waals surface area (Å²) in [6.07, 6.45) is 7.43. The first-order chi connectivity index (χ1) is 17.0. The van der Waals surface area contributed by atoms with Crippen molar-refractivity contribution in [2.24, 2.45) is 5.73 Å². The Bertz CT molecular complexity index is 1350. The zero-order chi connectivity index (χ0) is 25.4. The number of benzene rings is 1. The van der Waals surface area contributed by atoms with Gasteiger partial charge in [-0.15, -0.1) is 0 Å². The Kier molecular flexibility index (Phi) is 8.39. The lowest BCUT2D eigenvalue weighted by atomic mass is 9.92. The molecule has 182 valence electrons. The molecule has 5 aromatic rings. The van der Waals surface area contributed by atoms with Gasteiger partial charge in [0.25, 0.3) is 0 Å². The Balaban J connectivity index is 0.000000815. The molecule has 35 heavy (non-hydrogen) atoms. The molecule has 0 aliphatic heterocycles. The molecule has 7 heteroatoms. The molecule has 0 fully saturated rings. The molecule has 5 N–H and O–H groups in total. The van der Waals surface area contributed by atoms with Crippen molar-refractivity contribution in [3.63, 3.8) is 0 Å². The van der Waals surface area contributed by atoms with Crippen molar-refractivity contribution < 1.29 is 0 Å². The highest BCUT2D eigenvalue weighted by atomic mass is 15.1. The summed E-state index contributed by atoms with van der Waals surface area (Å²) in [6, 6.07) is 16.4. The third-order valence-corrected chi connectivity index (χ3v) is 5.29. The molecular formula is C28H35N7. The third-order valence-electron chi connectivity index (χ3n) is 5.29. The number of aromatic nitrogens is 5. The fourth-order valence-corrected chi connectivity index (χ4v) is 3.56. The van der Waals surface area contributed by atoms with Gasteiger partial charge in [0.15, 0.2) is 0 Å². The maximum absolute atomic E-state index is 4.68. The van der Waals surface area contributed by atoms with Crippen LogP contribution in [-0.4, -0.2) is 32.0 Å². The van der Waals surface area contributed by atoms with Crippen molar-refractivity contribution in [3.8, 4) is 22.5 Å². The normalized spacial score (nSPS) is 10.7. The lowest BCUT2D eigenvalue weighted by Gasteiger charge is -2.15. The minimum absolute atomic E-state index is 0.0754. The predicted octanol–water partition coefficient (Wildman–Crippen LogP) is 6.66. The van der Waals surface area contributed by atoms with Crippen LogP contribution in [0.15, 0.2) is 73.3 Å². The van der Waals surface area contributed by atoms with Crippen LogP contribution in [0.1, 0.15) is 40.3 Å². The van der Waals surface area contributed by atoms with E-state index in [-0.39, 0.29) is 5.41 Å². The van der Waals surface area contributed by atoms with Gasteiger partial charge in [-0.2, -0.15) is 0 Å². The summed E-state index contributed by atoms with van der Waals surface area (Å²) in [5.41, 5.74) is 11.6. The zero-order valence-corrected chi connectivity index (χ0v) is 21.3. The fourth-order valence-electron chi connectivity index (χ4n) is 3.56. The van der Waals surface area contributed by atoms with Gasteiger partial charge in [-0.25, -0.2) is 9.97 Å². The molecule has 4 heterocycles. The topological polar surface area (TPSA) is 108 Å². The van der Waals surface area contributed by atoms with Crippen LogP contribution in [0.4, 0.5) is 11.6 Å². The first-order valence-electron chi connectivity index (χ1n) is 11.9. The lowest BCUT2D eigenvalue weighted by molar-refractivity contribution is 0.574. The van der Waals surface area contributed by atoms with Crippen molar-refractivity contribution in [2.75, 3.05) is 12.4 Å². The van der Waals surface area contributed by atoms with Crippen molar-refractivity contribution in [3.05, 3.63) is 79.0 Å². The van der Waals surface area contributed by atoms with E-state index >= 15 is 0 Å². The number of anilines is 2. The van der Waals surface area contributed by atoms with E-state index in [1.54, 1.807) is 12.4 Å². The highest BCUT2D eigenvalue weighted by Gasteiger charge is 2.16. The minimum Gasteiger partial charge on any atom is -0.367 e. The fraction of sp³-hybridized carbons (Fsp3) is 0.250. The molecule has 1 aromatic carbocycles. The van der Waals surface area contributed by atoms with Gasteiger partial charge in [0.2, 0.25) is 5.95 Å². The van der Waals surface area contributed by atoms with E-state index in [4.69, 9.17) is 0 Å². The van der Waals surface area contributed by atoms with Crippen LogP contribution < -0.4 is 11.1 Å². The molecule has 4 aromatic heterocycles. The van der Waals surface area contributed by atoms with E-state index in [0.29, 0.717) is 5.95 Å². The number of nitrogens with two attached hydrogens (primary N) is 1. The van der Waals surface area contributed by atoms with Crippen molar-refractivity contribution in [1.82, 2.24) is 24.9 Å². The standard InChI is InChI=1S/C25H24N6.C2H6.CH5N/c1-25(2,3)23-14-18-12-19(4-5-20(18)30-23)29-24-28-11-8-21(31-24)22-13-16(7-10-27-22)17-6-9-26-15-17;2*1-2/h4-15,26,30H,1-3H3,(H,28,29,31);1-2H3;2H2,1H3. The number of hydrogen-bond donors (Lipinski definition) is 4. The van der Waals surface area contributed by atoms with Crippen LogP contribution >= 0.6 is 0 Å². The molecule has 5 rings (SSSR count). The van der Waals surface area contributed by atoms with Crippen molar-refractivity contribution >= 4 is 22.5 Å². The first-order valence-corrected chi connectivity index (χ1v) is 11.9. The van der Waals surface area contributed by atoms with E-state index in [2.05, 4.69) is 74.9 Å². The van der Waals surface area contributed by atoms with Crippen LogP contribution in [0.2, 0.25) is 0 Å². The molecule has 0 unspecified atom stereocenters. The molecule has 0 saturated carbocycles. The number of fused-ring (bicyclic) bond motifs is 1. The van der Waals surface area contributed by atoms with Crippen LogP contribution in [0, 0.1) is 0 Å². The zero-order valence-electron chi connectivity index (χ0n) is 21.3. The smallest absolute Gasteiger partial charge is 0.227 e. The Hall–Kier alpha value is -3.97. The van der Waals surface area contributed by atoms with Gasteiger partial charge in [0.1, 0.15) is 0 Å². The summed E-state index contributed by atoms with van der Waals surface area (Å²) in [6.45, 7) is 10.6. The van der Waals surface area contributed by atoms with Crippen molar-refractivity contribution in [2.45, 2.75) is 40.0 Å². The largest absolute Gasteiger partial charge is 0.367 e. The molecule has 0 aliphatic carbocycles. The van der Waals surface area contributed by atoms with Gasteiger partial charge in [-0.1, -0.05) is 34.6 Å². The Morgan fingerprint density at radius 1 is 0.829 bits per heavy atom. The Labute approximate surface area is 207 Å². The second-order valence-electron chi connectivity index (χ2n) is 8.65. The van der Waals surface area contributed by atoms with Crippen LogP contribution in [0.5, 0.6) is 0 Å². The summed E-state index contributed by atoms with van der Waals surface area (Å²) in [4.78, 5) is 20.2. The van der Waals surface area contributed by atoms with Gasteiger partial charge < -0.3 is 21.0 Å². The van der Waals surface area contributed by atoms with Gasteiger partial charge in [-0.05, 0) is 66.7 Å². The van der Waals surface area contributed by atoms with E-state index in [1.807, 2.05) is 56.6 Å². The predicted molar refractivity (Wildman–Crippen MR) is 147 cm³/mol. The molecular weight excluding hydrogens is 434 g/mol. The molecule has 0 radical (unpaired) electrons. The second kappa shape index (κ2) is 11.4. The molecule has 7 nitrogen and oxygen atoms in total. The van der Waals surface area contributed by atoms with Crippen LogP contribution in [-0.2, 0) is 5.41 Å². The summed E-state index contributed by atoms with van der Waals surface area (Å²) in [7, 11) is 1.50.